The Hall–Kier alpha value is -1.94. The molecule has 0 bridgehead atoms. The van der Waals surface area contributed by atoms with Crippen LogP contribution in [-0.2, 0) is 65.4 Å². The lowest BCUT2D eigenvalue weighted by Crippen LogP contribution is -2.30. The quantitative estimate of drug-likeness (QED) is 0.0222. The predicted molar refractivity (Wildman–Crippen MR) is 414 cm³/mol. The van der Waals surface area contributed by atoms with Crippen LogP contribution >= 0.6 is 15.6 Å². The number of carbonyl (C=O) groups excluding carboxylic acids is 4. The topological polar surface area (TPSA) is 237 Å². The second-order valence-electron chi connectivity index (χ2n) is 30.9. The first-order valence-electron chi connectivity index (χ1n) is 42.3. The van der Waals surface area contributed by atoms with Gasteiger partial charge in [0.15, 0.2) is 12.2 Å². The van der Waals surface area contributed by atoms with Crippen molar-refractivity contribution in [2.75, 3.05) is 39.6 Å². The van der Waals surface area contributed by atoms with Crippen molar-refractivity contribution in [1.29, 1.82) is 0 Å². The van der Waals surface area contributed by atoms with Crippen LogP contribution in [0.1, 0.15) is 427 Å². The van der Waals surface area contributed by atoms with E-state index in [0.717, 1.165) is 108 Å². The van der Waals surface area contributed by atoms with Crippen molar-refractivity contribution in [2.45, 2.75) is 446 Å². The van der Waals surface area contributed by atoms with Crippen molar-refractivity contribution in [2.24, 2.45) is 17.8 Å². The van der Waals surface area contributed by atoms with Crippen molar-refractivity contribution in [3.8, 4) is 0 Å². The lowest BCUT2D eigenvalue weighted by molar-refractivity contribution is -0.161. The number of phosphoric acid groups is 2. The van der Waals surface area contributed by atoms with Crippen molar-refractivity contribution >= 4 is 39.5 Å². The Morgan fingerprint density at radius 3 is 0.673 bits per heavy atom. The van der Waals surface area contributed by atoms with E-state index >= 15 is 0 Å². The number of rotatable bonds is 80. The third kappa shape index (κ3) is 76.1. The molecule has 0 aromatic heterocycles. The van der Waals surface area contributed by atoms with Crippen LogP contribution < -0.4 is 0 Å². The Balaban J connectivity index is 5.23. The molecule has 0 aromatic carbocycles. The fourth-order valence-corrected chi connectivity index (χ4v) is 14.2. The standard InChI is InChI=1S/C82H160O17P2/c1-8-9-10-11-12-13-14-15-16-21-27-32-37-42-51-58-66-82(87)99-78(70-93-80(85)64-57-50-45-44-48-55-62-75(6)7)72-97-101(90,91)95-68-76(83)67-94-100(88,89)96-71-77(98-81(86)65-59-52-43-38-33-28-23-18-20-25-30-35-40-47-54-61-74(4)5)69-92-79(84)63-56-49-41-36-31-26-22-17-19-24-29-34-39-46-53-60-73(2)3/h73-78,83H,8-72H2,1-7H3,(H,88,89)(H,90,91)/t76-,77-,78-/m1/s1. The maximum absolute atomic E-state index is 13.1. The van der Waals surface area contributed by atoms with E-state index in [2.05, 4.69) is 48.5 Å². The van der Waals surface area contributed by atoms with Gasteiger partial charge in [0.2, 0.25) is 0 Å². The highest BCUT2D eigenvalue weighted by molar-refractivity contribution is 7.47. The first kappa shape index (κ1) is 99.1. The Bertz CT molecular complexity index is 1960. The molecule has 0 amide bonds. The molecule has 0 aliphatic rings. The zero-order valence-electron chi connectivity index (χ0n) is 66.4. The number of ether oxygens (including phenoxy) is 4. The Labute approximate surface area is 619 Å². The lowest BCUT2D eigenvalue weighted by Gasteiger charge is -2.21. The SMILES string of the molecule is CCCCCCCCCCCCCCCCCCC(=O)O[C@H](COC(=O)CCCCCCCCC(C)C)COP(=O)(O)OC[C@H](O)COP(=O)(O)OC[C@@H](COC(=O)CCCCCCCCCCCCCCCCCC(C)C)OC(=O)CCCCCCCCCCCCCCCCCC(C)C. The second kappa shape index (κ2) is 72.3. The highest BCUT2D eigenvalue weighted by Gasteiger charge is 2.30. The molecule has 5 atom stereocenters. The van der Waals surface area contributed by atoms with Crippen molar-refractivity contribution in [3.63, 3.8) is 0 Å². The molecule has 17 nitrogen and oxygen atoms in total. The highest BCUT2D eigenvalue weighted by Crippen LogP contribution is 2.45. The molecule has 0 saturated carbocycles. The average Bonchev–Trinajstić information content (AvgIpc) is 0.927. The Morgan fingerprint density at radius 1 is 0.267 bits per heavy atom. The van der Waals surface area contributed by atoms with Gasteiger partial charge in [0.1, 0.15) is 19.3 Å². The van der Waals surface area contributed by atoms with E-state index in [-0.39, 0.29) is 25.7 Å². The zero-order chi connectivity index (χ0) is 74.4. The van der Waals surface area contributed by atoms with Gasteiger partial charge >= 0.3 is 39.5 Å². The van der Waals surface area contributed by atoms with E-state index < -0.39 is 97.5 Å². The predicted octanol–water partition coefficient (Wildman–Crippen LogP) is 24.5. The number of hydrogen-bond donors (Lipinski definition) is 3. The molecule has 0 heterocycles. The number of esters is 4. The number of unbranched alkanes of at least 4 members (excludes halogenated alkanes) is 48. The van der Waals surface area contributed by atoms with Crippen LogP contribution in [0, 0.1) is 17.8 Å². The number of carbonyl (C=O) groups is 4. The minimum absolute atomic E-state index is 0.107. The van der Waals surface area contributed by atoms with Crippen LogP contribution in [0.2, 0.25) is 0 Å². The fraction of sp³-hybridized carbons (Fsp3) is 0.951. The van der Waals surface area contributed by atoms with Crippen molar-refractivity contribution < 1.29 is 80.2 Å². The van der Waals surface area contributed by atoms with Gasteiger partial charge in [-0.15, -0.1) is 0 Å². The summed E-state index contributed by atoms with van der Waals surface area (Å²) in [6.07, 6.45) is 61.2. The monoisotopic (exact) mass is 1480 g/mol. The van der Waals surface area contributed by atoms with Gasteiger partial charge in [-0.1, -0.05) is 376 Å². The molecule has 3 N–H and O–H groups in total. The highest BCUT2D eigenvalue weighted by atomic mass is 31.2. The van der Waals surface area contributed by atoms with E-state index in [9.17, 15) is 43.2 Å². The maximum atomic E-state index is 13.1. The zero-order valence-corrected chi connectivity index (χ0v) is 68.2. The molecule has 0 aliphatic heterocycles. The first-order valence-corrected chi connectivity index (χ1v) is 45.3. The van der Waals surface area contributed by atoms with E-state index in [1.165, 1.54) is 231 Å². The summed E-state index contributed by atoms with van der Waals surface area (Å²) < 4.78 is 68.7. The molecule has 0 rings (SSSR count). The summed E-state index contributed by atoms with van der Waals surface area (Å²) >= 11 is 0. The van der Waals surface area contributed by atoms with Crippen LogP contribution in [0.15, 0.2) is 0 Å². The minimum atomic E-state index is -4.96. The number of hydrogen-bond acceptors (Lipinski definition) is 15. The van der Waals surface area contributed by atoms with E-state index in [0.29, 0.717) is 31.6 Å². The normalized spacial score (nSPS) is 14.0. The third-order valence-electron chi connectivity index (χ3n) is 19.1. The van der Waals surface area contributed by atoms with Crippen LogP contribution in [0.5, 0.6) is 0 Å². The van der Waals surface area contributed by atoms with Crippen LogP contribution in [0.25, 0.3) is 0 Å². The fourth-order valence-electron chi connectivity index (χ4n) is 12.7. The van der Waals surface area contributed by atoms with Crippen LogP contribution in [0.3, 0.4) is 0 Å². The Morgan fingerprint density at radius 2 is 0.455 bits per heavy atom. The van der Waals surface area contributed by atoms with Crippen molar-refractivity contribution in [1.82, 2.24) is 0 Å². The van der Waals surface area contributed by atoms with E-state index in [1.807, 2.05) is 0 Å². The van der Waals surface area contributed by atoms with Gasteiger partial charge in [-0.05, 0) is 43.4 Å². The van der Waals surface area contributed by atoms with Gasteiger partial charge in [0.25, 0.3) is 0 Å². The largest absolute Gasteiger partial charge is 0.472 e. The van der Waals surface area contributed by atoms with Crippen molar-refractivity contribution in [3.05, 3.63) is 0 Å². The molecule has 19 heteroatoms. The molecule has 0 spiro atoms. The molecular formula is C82H160O17P2. The molecule has 600 valence electrons. The van der Waals surface area contributed by atoms with Gasteiger partial charge in [0.05, 0.1) is 26.4 Å². The Kier molecular flexibility index (Phi) is 70.9. The summed E-state index contributed by atoms with van der Waals surface area (Å²) in [5, 5.41) is 10.6. The van der Waals surface area contributed by atoms with Crippen LogP contribution in [-0.4, -0.2) is 96.7 Å². The smallest absolute Gasteiger partial charge is 0.462 e. The van der Waals surface area contributed by atoms with Gasteiger partial charge in [-0.25, -0.2) is 9.13 Å². The molecule has 0 aliphatic carbocycles. The molecular weight excluding hydrogens is 1320 g/mol. The molecule has 0 fully saturated rings. The van der Waals surface area contributed by atoms with Gasteiger partial charge in [-0.2, -0.15) is 0 Å². The summed E-state index contributed by atoms with van der Waals surface area (Å²) in [6, 6.07) is 0. The summed E-state index contributed by atoms with van der Waals surface area (Å²) in [4.78, 5) is 73.0. The maximum Gasteiger partial charge on any atom is 0.472 e. The molecule has 0 radical (unpaired) electrons. The van der Waals surface area contributed by atoms with E-state index in [1.54, 1.807) is 0 Å². The molecule has 101 heavy (non-hydrogen) atoms. The van der Waals surface area contributed by atoms with Gasteiger partial charge in [0, 0.05) is 25.7 Å². The van der Waals surface area contributed by atoms with Crippen LogP contribution in [0.4, 0.5) is 0 Å². The van der Waals surface area contributed by atoms with Gasteiger partial charge in [-0.3, -0.25) is 37.3 Å². The van der Waals surface area contributed by atoms with E-state index in [4.69, 9.17) is 37.0 Å². The van der Waals surface area contributed by atoms with Gasteiger partial charge < -0.3 is 33.8 Å². The summed E-state index contributed by atoms with van der Waals surface area (Å²) in [7, 11) is -9.92. The summed E-state index contributed by atoms with van der Waals surface area (Å²) in [6.45, 7) is 11.9. The first-order chi connectivity index (χ1) is 48.7. The average molecular weight is 1480 g/mol. The second-order valence-corrected chi connectivity index (χ2v) is 33.8. The summed E-state index contributed by atoms with van der Waals surface area (Å²) in [5.74, 6) is 0.178. The minimum Gasteiger partial charge on any atom is -0.462 e. The third-order valence-corrected chi connectivity index (χ3v) is 21.0. The molecule has 2 unspecified atom stereocenters. The molecule has 0 saturated heterocycles. The number of aliphatic hydroxyl groups is 1. The molecule has 0 aromatic rings. The number of aliphatic hydroxyl groups excluding tert-OH is 1. The summed E-state index contributed by atoms with van der Waals surface area (Å²) in [5.41, 5.74) is 0. The lowest BCUT2D eigenvalue weighted by atomic mass is 10.0. The number of phosphoric ester groups is 2.